The molecule has 0 saturated carbocycles. The van der Waals surface area contributed by atoms with Crippen LogP contribution < -0.4 is 5.32 Å². The Bertz CT molecular complexity index is 702. The van der Waals surface area contributed by atoms with E-state index in [9.17, 15) is 15.0 Å². The Labute approximate surface area is 127 Å². The topological polar surface area (TPSA) is 69.6 Å². The molecule has 4 nitrogen and oxygen atoms in total. The van der Waals surface area contributed by atoms with Gasteiger partial charge in [-0.05, 0) is 29.3 Å². The Kier molecular flexibility index (Phi) is 3.57. The number of aromatic hydroxyl groups is 1. The summed E-state index contributed by atoms with van der Waals surface area (Å²) in [5, 5.41) is 22.4. The van der Waals surface area contributed by atoms with Crippen molar-refractivity contribution < 1.29 is 15.0 Å². The average molecular weight is 304 g/mol. The number of carbonyl (C=O) groups is 1. The number of carbonyl (C=O) groups excluding carboxylic acids is 1. The van der Waals surface area contributed by atoms with Gasteiger partial charge in [0.05, 0.1) is 17.2 Å². The maximum absolute atomic E-state index is 12.3. The first kappa shape index (κ1) is 13.9. The van der Waals surface area contributed by atoms with Crippen LogP contribution in [0.4, 0.5) is 0 Å². The van der Waals surface area contributed by atoms with Crippen LogP contribution in [-0.4, -0.2) is 22.2 Å². The summed E-state index contributed by atoms with van der Waals surface area (Å²) in [6.45, 7) is 0. The number of halogens is 1. The van der Waals surface area contributed by atoms with Gasteiger partial charge >= 0.3 is 0 Å². The molecule has 1 aliphatic rings. The van der Waals surface area contributed by atoms with Crippen molar-refractivity contribution in [2.45, 2.75) is 18.6 Å². The second kappa shape index (κ2) is 5.39. The minimum atomic E-state index is -0.640. The summed E-state index contributed by atoms with van der Waals surface area (Å²) < 4.78 is 0. The quantitative estimate of drug-likeness (QED) is 0.798. The van der Waals surface area contributed by atoms with E-state index in [4.69, 9.17) is 11.6 Å². The van der Waals surface area contributed by atoms with Gasteiger partial charge in [0, 0.05) is 12.0 Å². The Morgan fingerprint density at radius 3 is 2.76 bits per heavy atom. The third-order valence-corrected chi connectivity index (χ3v) is 4.00. The lowest BCUT2D eigenvalue weighted by Gasteiger charge is -2.18. The highest BCUT2D eigenvalue weighted by atomic mass is 35.5. The van der Waals surface area contributed by atoms with Crippen LogP contribution in [-0.2, 0) is 6.42 Å². The van der Waals surface area contributed by atoms with Crippen LogP contribution in [0.25, 0.3) is 0 Å². The number of hydrogen-bond donors (Lipinski definition) is 3. The van der Waals surface area contributed by atoms with Crippen molar-refractivity contribution in [2.75, 3.05) is 0 Å². The van der Waals surface area contributed by atoms with Crippen LogP contribution in [0.15, 0.2) is 42.5 Å². The van der Waals surface area contributed by atoms with Crippen molar-refractivity contribution in [3.05, 3.63) is 64.2 Å². The van der Waals surface area contributed by atoms with E-state index in [0.717, 1.165) is 11.1 Å². The van der Waals surface area contributed by atoms with E-state index in [1.165, 1.54) is 18.2 Å². The highest BCUT2D eigenvalue weighted by Gasteiger charge is 2.32. The van der Waals surface area contributed by atoms with E-state index < -0.39 is 12.1 Å². The molecule has 0 radical (unpaired) electrons. The van der Waals surface area contributed by atoms with Gasteiger partial charge in [-0.3, -0.25) is 4.79 Å². The van der Waals surface area contributed by atoms with Crippen molar-refractivity contribution in [3.63, 3.8) is 0 Å². The van der Waals surface area contributed by atoms with Gasteiger partial charge in [0.25, 0.3) is 5.91 Å². The van der Waals surface area contributed by atoms with E-state index in [-0.39, 0.29) is 16.7 Å². The Morgan fingerprint density at radius 2 is 2.00 bits per heavy atom. The summed E-state index contributed by atoms with van der Waals surface area (Å²) in [4.78, 5) is 12.3. The van der Waals surface area contributed by atoms with Gasteiger partial charge in [0.15, 0.2) is 0 Å². The number of phenols is 1. The van der Waals surface area contributed by atoms with Gasteiger partial charge in [0.1, 0.15) is 5.75 Å². The molecule has 1 amide bonds. The van der Waals surface area contributed by atoms with Crippen LogP contribution in [0.3, 0.4) is 0 Å². The zero-order valence-corrected chi connectivity index (χ0v) is 11.8. The number of fused-ring (bicyclic) bond motifs is 1. The maximum atomic E-state index is 12.3. The first-order chi connectivity index (χ1) is 10.1. The molecule has 3 N–H and O–H groups in total. The highest BCUT2D eigenvalue weighted by molar-refractivity contribution is 6.32. The van der Waals surface area contributed by atoms with Crippen LogP contribution >= 0.6 is 11.6 Å². The lowest BCUT2D eigenvalue weighted by Crippen LogP contribution is -2.33. The fourth-order valence-corrected chi connectivity index (χ4v) is 2.80. The van der Waals surface area contributed by atoms with Crippen molar-refractivity contribution in [2.24, 2.45) is 0 Å². The van der Waals surface area contributed by atoms with E-state index in [1.807, 2.05) is 24.3 Å². The molecule has 0 unspecified atom stereocenters. The molecule has 2 atom stereocenters. The van der Waals surface area contributed by atoms with Gasteiger partial charge in [0.2, 0.25) is 0 Å². The number of aliphatic hydroxyl groups excluding tert-OH is 1. The van der Waals surface area contributed by atoms with E-state index in [2.05, 4.69) is 5.32 Å². The van der Waals surface area contributed by atoms with Gasteiger partial charge in [-0.25, -0.2) is 0 Å². The fourth-order valence-electron chi connectivity index (χ4n) is 2.62. The molecule has 3 rings (SSSR count). The summed E-state index contributed by atoms with van der Waals surface area (Å²) in [6.07, 6.45) is -0.115. The summed E-state index contributed by atoms with van der Waals surface area (Å²) >= 11 is 5.80. The van der Waals surface area contributed by atoms with Crippen LogP contribution in [0.2, 0.25) is 5.02 Å². The first-order valence-corrected chi connectivity index (χ1v) is 6.99. The second-order valence-corrected chi connectivity index (χ2v) is 5.49. The van der Waals surface area contributed by atoms with Gasteiger partial charge in [-0.15, -0.1) is 0 Å². The number of aliphatic hydroxyl groups is 1. The Morgan fingerprint density at radius 1 is 1.24 bits per heavy atom. The SMILES string of the molecule is O=C(N[C@H]1c2ccccc2C[C@H]1O)c1ccc(O)c(Cl)c1. The highest BCUT2D eigenvalue weighted by Crippen LogP contribution is 2.31. The number of phenolic OH excluding ortho intramolecular Hbond substituents is 1. The molecule has 0 aromatic heterocycles. The van der Waals surface area contributed by atoms with Crippen LogP contribution in [0.1, 0.15) is 27.5 Å². The van der Waals surface area contributed by atoms with Crippen molar-refractivity contribution >= 4 is 17.5 Å². The molecule has 2 aromatic rings. The molecule has 0 fully saturated rings. The molecule has 0 bridgehead atoms. The third kappa shape index (κ3) is 2.60. The molecule has 0 heterocycles. The van der Waals surface area contributed by atoms with Gasteiger partial charge < -0.3 is 15.5 Å². The minimum Gasteiger partial charge on any atom is -0.506 e. The number of hydrogen-bond acceptors (Lipinski definition) is 3. The summed E-state index contributed by atoms with van der Waals surface area (Å²) in [5.74, 6) is -0.405. The van der Waals surface area contributed by atoms with Gasteiger partial charge in [-0.2, -0.15) is 0 Å². The van der Waals surface area contributed by atoms with Crippen molar-refractivity contribution in [1.82, 2.24) is 5.32 Å². The lowest BCUT2D eigenvalue weighted by atomic mass is 10.1. The van der Waals surface area contributed by atoms with Crippen molar-refractivity contribution in [1.29, 1.82) is 0 Å². The standard InChI is InChI=1S/C16H14ClNO3/c17-12-7-10(5-6-13(12)19)16(21)18-15-11-4-2-1-3-9(11)8-14(15)20/h1-7,14-15,19-20H,8H2,(H,18,21)/t14-,15+/m1/s1. The van der Waals surface area contributed by atoms with Crippen molar-refractivity contribution in [3.8, 4) is 5.75 Å². The van der Waals surface area contributed by atoms with E-state index >= 15 is 0 Å². The third-order valence-electron chi connectivity index (χ3n) is 3.70. The summed E-state index contributed by atoms with van der Waals surface area (Å²) in [7, 11) is 0. The largest absolute Gasteiger partial charge is 0.506 e. The van der Waals surface area contributed by atoms with E-state index in [0.29, 0.717) is 12.0 Å². The summed E-state index contributed by atoms with van der Waals surface area (Å²) in [5.41, 5.74) is 2.32. The molecular weight excluding hydrogens is 290 g/mol. The lowest BCUT2D eigenvalue weighted by molar-refractivity contribution is 0.0858. The Hall–Kier alpha value is -2.04. The number of amides is 1. The number of benzene rings is 2. The Balaban J connectivity index is 1.83. The monoisotopic (exact) mass is 303 g/mol. The van der Waals surface area contributed by atoms with E-state index in [1.54, 1.807) is 0 Å². The zero-order chi connectivity index (χ0) is 15.0. The molecule has 0 aliphatic heterocycles. The minimum absolute atomic E-state index is 0.0699. The molecule has 21 heavy (non-hydrogen) atoms. The summed E-state index contributed by atoms with van der Waals surface area (Å²) in [6, 6.07) is 11.5. The average Bonchev–Trinajstić information content (AvgIpc) is 2.78. The molecule has 5 heteroatoms. The number of nitrogens with one attached hydrogen (secondary N) is 1. The predicted molar refractivity (Wildman–Crippen MR) is 79.5 cm³/mol. The number of rotatable bonds is 2. The molecule has 108 valence electrons. The van der Waals surface area contributed by atoms with Gasteiger partial charge in [-0.1, -0.05) is 35.9 Å². The first-order valence-electron chi connectivity index (χ1n) is 6.61. The van der Waals surface area contributed by atoms with Crippen LogP contribution in [0.5, 0.6) is 5.75 Å². The molecular formula is C16H14ClNO3. The predicted octanol–water partition coefficient (Wildman–Crippen LogP) is 2.43. The fraction of sp³-hybridized carbons (Fsp3) is 0.188. The molecule has 0 saturated heterocycles. The maximum Gasteiger partial charge on any atom is 0.251 e. The van der Waals surface area contributed by atoms with Crippen LogP contribution in [0, 0.1) is 0 Å². The second-order valence-electron chi connectivity index (χ2n) is 5.09. The molecule has 1 aliphatic carbocycles. The molecule has 2 aromatic carbocycles. The zero-order valence-electron chi connectivity index (χ0n) is 11.1. The molecule has 0 spiro atoms. The normalized spacial score (nSPS) is 20.1. The smallest absolute Gasteiger partial charge is 0.251 e.